The Hall–Kier alpha value is -1.75. The lowest BCUT2D eigenvalue weighted by Gasteiger charge is -2.22. The molecule has 2 heterocycles. The van der Waals surface area contributed by atoms with Gasteiger partial charge in [-0.25, -0.2) is 17.2 Å². The summed E-state index contributed by atoms with van der Waals surface area (Å²) in [6, 6.07) is 3.89. The monoisotopic (exact) mass is 436 g/mol. The fourth-order valence-corrected chi connectivity index (χ4v) is 6.13. The maximum Gasteiger partial charge on any atom is 0.253 e. The SMILES string of the molecule is O=C(NCc1ccc(F)c(O)c1F)[C@@H]1CCCN1S(=O)(=O)c1ccc(Cl)s1. The third kappa shape index (κ3) is 3.93. The van der Waals surface area contributed by atoms with Crippen molar-refractivity contribution in [3.63, 3.8) is 0 Å². The first-order valence-corrected chi connectivity index (χ1v) is 10.6. The lowest BCUT2D eigenvalue weighted by Crippen LogP contribution is -2.45. The molecule has 11 heteroatoms. The molecule has 0 unspecified atom stereocenters. The number of phenols is 1. The molecular weight excluding hydrogens is 422 g/mol. The van der Waals surface area contributed by atoms with Gasteiger partial charge in [0.25, 0.3) is 10.0 Å². The normalized spacial score (nSPS) is 18.0. The fraction of sp³-hybridized carbons (Fsp3) is 0.312. The maximum absolute atomic E-state index is 13.8. The molecule has 1 aliphatic rings. The van der Waals surface area contributed by atoms with Crippen molar-refractivity contribution >= 4 is 38.9 Å². The number of phenolic OH excluding ortho intramolecular Hbond substituents is 1. The van der Waals surface area contributed by atoms with Crippen LogP contribution < -0.4 is 5.32 Å². The van der Waals surface area contributed by atoms with E-state index < -0.39 is 39.4 Å². The molecule has 0 spiro atoms. The van der Waals surface area contributed by atoms with Crippen molar-refractivity contribution in [1.82, 2.24) is 9.62 Å². The fourth-order valence-electron chi connectivity index (χ4n) is 2.86. The van der Waals surface area contributed by atoms with Gasteiger partial charge in [-0.05, 0) is 31.0 Å². The largest absolute Gasteiger partial charge is 0.503 e. The molecule has 1 atom stereocenters. The highest BCUT2D eigenvalue weighted by molar-refractivity contribution is 7.91. The van der Waals surface area contributed by atoms with Crippen LogP contribution in [0.3, 0.4) is 0 Å². The summed E-state index contributed by atoms with van der Waals surface area (Å²) in [5.74, 6) is -3.99. The first-order chi connectivity index (χ1) is 12.7. The number of carbonyl (C=O) groups excluding carboxylic acids is 1. The van der Waals surface area contributed by atoms with Crippen molar-refractivity contribution in [2.45, 2.75) is 29.6 Å². The smallest absolute Gasteiger partial charge is 0.253 e. The van der Waals surface area contributed by atoms with E-state index in [1.807, 2.05) is 0 Å². The van der Waals surface area contributed by atoms with E-state index in [2.05, 4.69) is 5.32 Å². The van der Waals surface area contributed by atoms with Crippen molar-refractivity contribution in [2.75, 3.05) is 6.54 Å². The van der Waals surface area contributed by atoms with Gasteiger partial charge in [-0.1, -0.05) is 17.7 Å². The lowest BCUT2D eigenvalue weighted by molar-refractivity contribution is -0.124. The summed E-state index contributed by atoms with van der Waals surface area (Å²) in [6.07, 6.45) is 0.823. The van der Waals surface area contributed by atoms with Crippen molar-refractivity contribution in [3.8, 4) is 5.75 Å². The third-order valence-corrected chi connectivity index (χ3v) is 7.82. The Morgan fingerprint density at radius 2 is 2.07 bits per heavy atom. The average Bonchev–Trinajstić information content (AvgIpc) is 3.28. The summed E-state index contributed by atoms with van der Waals surface area (Å²) in [4.78, 5) is 12.5. The van der Waals surface area contributed by atoms with Gasteiger partial charge in [0, 0.05) is 18.7 Å². The molecule has 0 aliphatic carbocycles. The highest BCUT2D eigenvalue weighted by Crippen LogP contribution is 2.32. The lowest BCUT2D eigenvalue weighted by atomic mass is 10.1. The number of hydrogen-bond donors (Lipinski definition) is 2. The van der Waals surface area contributed by atoms with Gasteiger partial charge >= 0.3 is 0 Å². The maximum atomic E-state index is 13.8. The Labute approximate surface area is 163 Å². The van der Waals surface area contributed by atoms with Crippen LogP contribution in [0.5, 0.6) is 5.75 Å². The molecule has 1 aromatic heterocycles. The van der Waals surface area contributed by atoms with Gasteiger partial charge in [-0.3, -0.25) is 4.79 Å². The number of amides is 1. The Balaban J connectivity index is 1.74. The molecule has 1 aliphatic heterocycles. The van der Waals surface area contributed by atoms with Crippen molar-refractivity contribution in [2.24, 2.45) is 0 Å². The van der Waals surface area contributed by atoms with Crippen LogP contribution in [0.25, 0.3) is 0 Å². The van der Waals surface area contributed by atoms with Crippen LogP contribution in [0.1, 0.15) is 18.4 Å². The van der Waals surface area contributed by atoms with E-state index in [-0.39, 0.29) is 22.9 Å². The van der Waals surface area contributed by atoms with E-state index in [0.29, 0.717) is 17.2 Å². The highest BCUT2D eigenvalue weighted by atomic mass is 35.5. The number of thiophene rings is 1. The van der Waals surface area contributed by atoms with E-state index >= 15 is 0 Å². The minimum atomic E-state index is -3.87. The van der Waals surface area contributed by atoms with Gasteiger partial charge in [-0.15, -0.1) is 11.3 Å². The highest BCUT2D eigenvalue weighted by Gasteiger charge is 2.40. The van der Waals surface area contributed by atoms with E-state index in [9.17, 15) is 27.1 Å². The van der Waals surface area contributed by atoms with Crippen LogP contribution in [0.2, 0.25) is 4.34 Å². The molecule has 0 bridgehead atoms. The molecule has 27 heavy (non-hydrogen) atoms. The second kappa shape index (κ2) is 7.70. The number of benzene rings is 1. The van der Waals surface area contributed by atoms with Crippen LogP contribution in [-0.2, 0) is 21.4 Å². The summed E-state index contributed by atoms with van der Waals surface area (Å²) in [5.41, 5.74) is -0.111. The Morgan fingerprint density at radius 3 is 2.74 bits per heavy atom. The van der Waals surface area contributed by atoms with E-state index in [1.54, 1.807) is 0 Å². The first kappa shape index (κ1) is 20.0. The summed E-state index contributed by atoms with van der Waals surface area (Å²) in [7, 11) is -3.87. The third-order valence-electron chi connectivity index (χ3n) is 4.22. The molecule has 2 N–H and O–H groups in total. The van der Waals surface area contributed by atoms with Crippen LogP contribution in [0.15, 0.2) is 28.5 Å². The molecule has 1 aromatic carbocycles. The number of carbonyl (C=O) groups is 1. The summed E-state index contributed by atoms with van der Waals surface area (Å²) >= 11 is 6.70. The zero-order valence-corrected chi connectivity index (χ0v) is 16.2. The molecule has 146 valence electrons. The molecule has 6 nitrogen and oxygen atoms in total. The molecule has 1 amide bonds. The van der Waals surface area contributed by atoms with Gasteiger partial charge in [0.15, 0.2) is 17.4 Å². The number of rotatable bonds is 5. The van der Waals surface area contributed by atoms with Gasteiger partial charge in [0.2, 0.25) is 5.91 Å². The van der Waals surface area contributed by atoms with Crippen LogP contribution in [0.4, 0.5) is 8.78 Å². The van der Waals surface area contributed by atoms with Crippen molar-refractivity contribution < 1.29 is 27.1 Å². The van der Waals surface area contributed by atoms with Crippen LogP contribution in [0, 0.1) is 11.6 Å². The minimum Gasteiger partial charge on any atom is -0.503 e. The van der Waals surface area contributed by atoms with Crippen LogP contribution in [-0.4, -0.2) is 36.3 Å². The van der Waals surface area contributed by atoms with Gasteiger partial charge < -0.3 is 10.4 Å². The van der Waals surface area contributed by atoms with Crippen LogP contribution >= 0.6 is 22.9 Å². The Kier molecular flexibility index (Phi) is 5.71. The molecule has 2 aromatic rings. The van der Waals surface area contributed by atoms with Gasteiger partial charge in [0.05, 0.1) is 4.34 Å². The predicted molar refractivity (Wildman–Crippen MR) is 96.1 cm³/mol. The molecule has 0 radical (unpaired) electrons. The number of nitrogens with zero attached hydrogens (tertiary/aromatic N) is 1. The number of aromatic hydroxyl groups is 1. The molecule has 3 rings (SSSR count). The predicted octanol–water partition coefficient (Wildman–Crippen LogP) is 2.85. The first-order valence-electron chi connectivity index (χ1n) is 7.92. The Bertz CT molecular complexity index is 981. The second-order valence-corrected chi connectivity index (χ2v) is 9.75. The molecule has 1 fully saturated rings. The van der Waals surface area contributed by atoms with Gasteiger partial charge in [0.1, 0.15) is 10.3 Å². The number of nitrogens with one attached hydrogen (secondary N) is 1. The van der Waals surface area contributed by atoms with E-state index in [4.69, 9.17) is 11.6 Å². The quantitative estimate of drug-likeness (QED) is 0.754. The van der Waals surface area contributed by atoms with Gasteiger partial charge in [-0.2, -0.15) is 4.31 Å². The van der Waals surface area contributed by atoms with E-state index in [1.165, 1.54) is 12.1 Å². The Morgan fingerprint density at radius 1 is 1.33 bits per heavy atom. The standard InChI is InChI=1S/C16H15ClF2N2O4S2/c17-12-5-6-13(26-12)27(24,25)21-7-1-2-11(21)16(23)20-8-9-3-4-10(18)15(22)14(9)19/h3-6,11,22H,1-2,7-8H2,(H,20,23)/t11-/m0/s1. The molecule has 0 saturated carbocycles. The summed E-state index contributed by atoms with van der Waals surface area (Å²) in [6.45, 7) is -0.130. The second-order valence-electron chi connectivity index (χ2n) is 5.92. The average molecular weight is 437 g/mol. The van der Waals surface area contributed by atoms with E-state index in [0.717, 1.165) is 27.8 Å². The number of sulfonamides is 1. The topological polar surface area (TPSA) is 86.7 Å². The molecular formula is C16H15ClF2N2O4S2. The number of hydrogen-bond acceptors (Lipinski definition) is 5. The number of halogens is 3. The van der Waals surface area contributed by atoms with Crippen molar-refractivity contribution in [3.05, 3.63) is 45.8 Å². The minimum absolute atomic E-state index is 0.0432. The zero-order valence-electron chi connectivity index (χ0n) is 13.8. The van der Waals surface area contributed by atoms with Crippen molar-refractivity contribution in [1.29, 1.82) is 0 Å². The molecule has 1 saturated heterocycles. The zero-order chi connectivity index (χ0) is 19.8. The summed E-state index contributed by atoms with van der Waals surface area (Å²) < 4.78 is 53.8. The summed E-state index contributed by atoms with van der Waals surface area (Å²) in [5, 5.41) is 11.7.